The second-order valence-electron chi connectivity index (χ2n) is 5.23. The quantitative estimate of drug-likeness (QED) is 0.867. The summed E-state index contributed by atoms with van der Waals surface area (Å²) in [5.41, 5.74) is 3.21. The molecule has 4 heteroatoms. The summed E-state index contributed by atoms with van der Waals surface area (Å²) < 4.78 is 15.4. The molecule has 0 aliphatic carbocycles. The molecular weight excluding hydrogens is 292 g/mol. The fourth-order valence-corrected chi connectivity index (χ4v) is 2.21. The van der Waals surface area contributed by atoms with Crippen molar-refractivity contribution < 1.29 is 19.3 Å². The Morgan fingerprint density at radius 3 is 2.57 bits per heavy atom. The van der Waals surface area contributed by atoms with Crippen molar-refractivity contribution in [1.82, 2.24) is 0 Å². The first-order chi connectivity index (χ1) is 11.1. The Bertz CT molecular complexity index is 664. The van der Waals surface area contributed by atoms with Gasteiger partial charge >= 0.3 is 0 Å². The number of benzene rings is 2. The molecule has 0 saturated carbocycles. The number of hydrogen-bond acceptors (Lipinski definition) is 4. The van der Waals surface area contributed by atoms with Gasteiger partial charge in [-0.1, -0.05) is 24.3 Å². The van der Waals surface area contributed by atoms with Crippen LogP contribution in [0.1, 0.15) is 16.7 Å². The van der Waals surface area contributed by atoms with Crippen molar-refractivity contribution in [2.24, 2.45) is 0 Å². The summed E-state index contributed by atoms with van der Waals surface area (Å²) >= 11 is 0. The van der Waals surface area contributed by atoms with Crippen LogP contribution < -0.4 is 9.47 Å². The van der Waals surface area contributed by atoms with E-state index in [-0.39, 0.29) is 0 Å². The van der Waals surface area contributed by atoms with Crippen LogP contribution in [0.5, 0.6) is 17.2 Å². The molecule has 1 aliphatic rings. The van der Waals surface area contributed by atoms with E-state index in [0.29, 0.717) is 19.1 Å². The number of rotatable bonds is 4. The second-order valence-corrected chi connectivity index (χ2v) is 5.23. The van der Waals surface area contributed by atoms with Crippen molar-refractivity contribution in [2.45, 2.75) is 20.0 Å². The highest BCUT2D eigenvalue weighted by atomic mass is 16.7. The molecule has 0 bridgehead atoms. The van der Waals surface area contributed by atoms with Crippen molar-refractivity contribution in [1.29, 1.82) is 0 Å². The highest BCUT2D eigenvalue weighted by Crippen LogP contribution is 2.32. The van der Waals surface area contributed by atoms with E-state index in [4.69, 9.17) is 14.2 Å². The number of aryl methyl sites for hydroxylation is 1. The molecule has 0 amide bonds. The summed E-state index contributed by atoms with van der Waals surface area (Å²) in [6.07, 6.45) is 2.72. The third-order valence-corrected chi connectivity index (χ3v) is 3.39. The van der Waals surface area contributed by atoms with Gasteiger partial charge in [0.1, 0.15) is 5.75 Å². The van der Waals surface area contributed by atoms with Crippen LogP contribution in [0.3, 0.4) is 0 Å². The lowest BCUT2D eigenvalue weighted by Gasteiger charge is -2.00. The Labute approximate surface area is 136 Å². The Balaban J connectivity index is 0.000000168. The van der Waals surface area contributed by atoms with Gasteiger partial charge in [0, 0.05) is 7.11 Å². The first kappa shape index (κ1) is 16.9. The SMILES string of the molecule is C=CCc1ccc(O)c(C)c1.COCc1ccc2c(c1)OCO2. The van der Waals surface area contributed by atoms with Crippen LogP contribution >= 0.6 is 0 Å². The summed E-state index contributed by atoms with van der Waals surface area (Å²) in [7, 11) is 1.67. The van der Waals surface area contributed by atoms with Gasteiger partial charge in [-0.05, 0) is 48.2 Å². The number of ether oxygens (including phenoxy) is 3. The van der Waals surface area contributed by atoms with Gasteiger partial charge < -0.3 is 19.3 Å². The summed E-state index contributed by atoms with van der Waals surface area (Å²) in [6, 6.07) is 11.4. The van der Waals surface area contributed by atoms with Crippen molar-refractivity contribution in [3.05, 3.63) is 65.7 Å². The standard InChI is InChI=1S/C10H12O.C9H10O3/c1-3-4-9-5-6-10(11)8(2)7-9;1-10-5-7-2-3-8-9(4-7)12-6-11-8/h3,5-7,11H,1,4H2,2H3;2-4H,5-6H2,1H3. The molecule has 3 rings (SSSR count). The number of methoxy groups -OCH3 is 1. The van der Waals surface area contributed by atoms with Gasteiger partial charge in [0.2, 0.25) is 6.79 Å². The van der Waals surface area contributed by atoms with Gasteiger partial charge in [0.15, 0.2) is 11.5 Å². The third-order valence-electron chi connectivity index (χ3n) is 3.39. The van der Waals surface area contributed by atoms with Crippen molar-refractivity contribution in [2.75, 3.05) is 13.9 Å². The van der Waals surface area contributed by atoms with Crippen LogP contribution in [-0.2, 0) is 17.8 Å². The van der Waals surface area contributed by atoms with E-state index < -0.39 is 0 Å². The van der Waals surface area contributed by atoms with Crippen LogP contribution in [0, 0.1) is 6.92 Å². The zero-order valence-corrected chi connectivity index (χ0v) is 13.5. The molecule has 0 saturated heterocycles. The number of phenols is 1. The molecule has 0 fully saturated rings. The topological polar surface area (TPSA) is 47.9 Å². The Kier molecular flexibility index (Phi) is 6.06. The molecule has 1 aliphatic heterocycles. The molecule has 122 valence electrons. The predicted octanol–water partition coefficient (Wildman–Crippen LogP) is 3.99. The summed E-state index contributed by atoms with van der Waals surface area (Å²) in [5, 5.41) is 9.19. The maximum absolute atomic E-state index is 9.19. The molecule has 0 radical (unpaired) electrons. The largest absolute Gasteiger partial charge is 0.508 e. The van der Waals surface area contributed by atoms with Crippen LogP contribution in [0.15, 0.2) is 49.1 Å². The van der Waals surface area contributed by atoms with Gasteiger partial charge in [0.25, 0.3) is 0 Å². The molecule has 0 atom stereocenters. The Morgan fingerprint density at radius 2 is 1.87 bits per heavy atom. The first-order valence-electron chi connectivity index (χ1n) is 7.41. The molecule has 0 unspecified atom stereocenters. The average molecular weight is 314 g/mol. The van der Waals surface area contributed by atoms with Crippen molar-refractivity contribution >= 4 is 0 Å². The molecule has 2 aromatic carbocycles. The van der Waals surface area contributed by atoms with Gasteiger partial charge in [-0.15, -0.1) is 6.58 Å². The fourth-order valence-electron chi connectivity index (χ4n) is 2.21. The highest BCUT2D eigenvalue weighted by molar-refractivity contribution is 5.44. The third kappa shape index (κ3) is 4.76. The van der Waals surface area contributed by atoms with E-state index in [1.165, 1.54) is 5.56 Å². The summed E-state index contributed by atoms with van der Waals surface area (Å²) in [6.45, 7) is 6.47. The van der Waals surface area contributed by atoms with E-state index in [1.807, 2.05) is 43.3 Å². The lowest BCUT2D eigenvalue weighted by Crippen LogP contribution is -1.93. The number of phenolic OH excluding ortho intramolecular Hbond substituents is 1. The van der Waals surface area contributed by atoms with Crippen LogP contribution in [-0.4, -0.2) is 19.0 Å². The highest BCUT2D eigenvalue weighted by Gasteiger charge is 2.12. The van der Waals surface area contributed by atoms with Gasteiger partial charge in [0.05, 0.1) is 6.61 Å². The summed E-state index contributed by atoms with van der Waals surface area (Å²) in [4.78, 5) is 0. The van der Waals surface area contributed by atoms with Crippen molar-refractivity contribution in [3.63, 3.8) is 0 Å². The Morgan fingerprint density at radius 1 is 1.13 bits per heavy atom. The number of allylic oxidation sites excluding steroid dienone is 1. The van der Waals surface area contributed by atoms with E-state index in [9.17, 15) is 5.11 Å². The molecule has 0 aromatic heterocycles. The maximum atomic E-state index is 9.19. The number of aromatic hydroxyl groups is 1. The minimum absolute atomic E-state index is 0.325. The number of hydrogen-bond donors (Lipinski definition) is 1. The van der Waals surface area contributed by atoms with Gasteiger partial charge in [-0.3, -0.25) is 0 Å². The first-order valence-corrected chi connectivity index (χ1v) is 7.41. The molecule has 1 N–H and O–H groups in total. The minimum Gasteiger partial charge on any atom is -0.508 e. The zero-order chi connectivity index (χ0) is 16.7. The lowest BCUT2D eigenvalue weighted by atomic mass is 10.1. The Hall–Kier alpha value is -2.46. The van der Waals surface area contributed by atoms with E-state index >= 15 is 0 Å². The monoisotopic (exact) mass is 314 g/mol. The van der Waals surface area contributed by atoms with E-state index in [1.54, 1.807) is 13.2 Å². The molecule has 2 aromatic rings. The van der Waals surface area contributed by atoms with Crippen LogP contribution in [0.25, 0.3) is 0 Å². The molecule has 4 nitrogen and oxygen atoms in total. The molecule has 1 heterocycles. The average Bonchev–Trinajstić information content (AvgIpc) is 3.00. The predicted molar refractivity (Wildman–Crippen MR) is 90.0 cm³/mol. The summed E-state index contributed by atoms with van der Waals surface area (Å²) in [5.74, 6) is 1.98. The number of fused-ring (bicyclic) bond motifs is 1. The van der Waals surface area contributed by atoms with Gasteiger partial charge in [-0.25, -0.2) is 0 Å². The van der Waals surface area contributed by atoms with Crippen molar-refractivity contribution in [3.8, 4) is 17.2 Å². The van der Waals surface area contributed by atoms with Gasteiger partial charge in [-0.2, -0.15) is 0 Å². The normalized spacial score (nSPS) is 11.6. The van der Waals surface area contributed by atoms with Crippen LogP contribution in [0.2, 0.25) is 0 Å². The molecule has 0 spiro atoms. The fraction of sp³-hybridized carbons (Fsp3) is 0.263. The lowest BCUT2D eigenvalue weighted by molar-refractivity contribution is 0.173. The molecular formula is C19H22O4. The van der Waals surface area contributed by atoms with E-state index in [0.717, 1.165) is 29.0 Å². The van der Waals surface area contributed by atoms with E-state index in [2.05, 4.69) is 6.58 Å². The van der Waals surface area contributed by atoms with Crippen LogP contribution in [0.4, 0.5) is 0 Å². The minimum atomic E-state index is 0.325. The smallest absolute Gasteiger partial charge is 0.231 e. The molecule has 23 heavy (non-hydrogen) atoms. The maximum Gasteiger partial charge on any atom is 0.231 e. The second kappa shape index (κ2) is 8.25. The zero-order valence-electron chi connectivity index (χ0n) is 13.5.